The van der Waals surface area contributed by atoms with Gasteiger partial charge in [0.1, 0.15) is 6.42 Å². The summed E-state index contributed by atoms with van der Waals surface area (Å²) in [5.41, 5.74) is 1.62. The number of fused-ring (bicyclic) bond motifs is 1. The summed E-state index contributed by atoms with van der Waals surface area (Å²) >= 11 is 1.79. The van der Waals surface area contributed by atoms with Crippen LogP contribution in [-0.2, 0) is 9.53 Å². The Bertz CT molecular complexity index is 487. The van der Waals surface area contributed by atoms with Crippen molar-refractivity contribution in [2.24, 2.45) is 0 Å². The van der Waals surface area contributed by atoms with Gasteiger partial charge in [-0.3, -0.25) is 9.59 Å². The molecule has 0 unspecified atom stereocenters. The van der Waals surface area contributed by atoms with Crippen LogP contribution in [0.2, 0.25) is 0 Å². The number of hydrogen-bond acceptors (Lipinski definition) is 5. The van der Waals surface area contributed by atoms with Crippen LogP contribution in [-0.4, -0.2) is 38.2 Å². The molecule has 0 aliphatic carbocycles. The third-order valence-corrected chi connectivity index (χ3v) is 3.95. The normalized spacial score (nSPS) is 14.0. The van der Waals surface area contributed by atoms with E-state index >= 15 is 0 Å². The lowest BCUT2D eigenvalue weighted by Crippen LogP contribution is -2.24. The average Bonchev–Trinajstić information content (AvgIpc) is 2.38. The minimum atomic E-state index is -0.500. The number of carbonyl (C=O) groups excluding carboxylic acids is 2. The summed E-state index contributed by atoms with van der Waals surface area (Å²) in [6.45, 7) is 0.965. The molecule has 1 aliphatic heterocycles. The number of rotatable bonds is 3. The number of nitrogens with zero attached hydrogens (tertiary/aromatic N) is 1. The Morgan fingerprint density at radius 2 is 2.22 bits per heavy atom. The fraction of sp³-hybridized carbons (Fsp3) is 0.385. The molecule has 0 saturated heterocycles. The fourth-order valence-corrected chi connectivity index (χ4v) is 2.94. The van der Waals surface area contributed by atoms with Gasteiger partial charge in [0, 0.05) is 29.8 Å². The van der Waals surface area contributed by atoms with Crippen molar-refractivity contribution >= 4 is 29.2 Å². The topological polar surface area (TPSA) is 46.6 Å². The molecule has 0 bridgehead atoms. The lowest BCUT2D eigenvalue weighted by atomic mass is 10.1. The number of Topliss-reactive ketones (excluding diaryl/α,β-unsaturated/α-hetero) is 1. The van der Waals surface area contributed by atoms with Crippen LogP contribution in [0.1, 0.15) is 16.8 Å². The van der Waals surface area contributed by atoms with E-state index in [0.717, 1.165) is 18.0 Å². The smallest absolute Gasteiger partial charge is 0.313 e. The summed E-state index contributed by atoms with van der Waals surface area (Å²) in [6, 6.07) is 5.57. The monoisotopic (exact) mass is 265 g/mol. The van der Waals surface area contributed by atoms with Crippen LogP contribution in [0.5, 0.6) is 0 Å². The zero-order valence-electron chi connectivity index (χ0n) is 10.4. The number of thioether (sulfide) groups is 1. The summed E-state index contributed by atoms with van der Waals surface area (Å²) in [5.74, 6) is 0.355. The summed E-state index contributed by atoms with van der Waals surface area (Å²) < 4.78 is 4.50. The molecule has 0 fully saturated rings. The Morgan fingerprint density at radius 3 is 2.94 bits per heavy atom. The number of benzene rings is 1. The molecule has 4 nitrogen and oxygen atoms in total. The van der Waals surface area contributed by atoms with Gasteiger partial charge in [-0.25, -0.2) is 0 Å². The maximum absolute atomic E-state index is 11.9. The second kappa shape index (κ2) is 5.44. The van der Waals surface area contributed by atoms with E-state index in [9.17, 15) is 9.59 Å². The predicted molar refractivity (Wildman–Crippen MR) is 71.4 cm³/mol. The van der Waals surface area contributed by atoms with Crippen LogP contribution in [0, 0.1) is 0 Å². The van der Waals surface area contributed by atoms with Gasteiger partial charge in [-0.15, -0.1) is 11.8 Å². The standard InChI is InChI=1S/C13H15NO3S/c1-14-5-6-18-12-4-3-9(7-10(12)14)11(15)8-13(16)17-2/h3-4,7H,5-6,8H2,1-2H3. The van der Waals surface area contributed by atoms with Gasteiger partial charge in [-0.05, 0) is 12.1 Å². The molecular weight excluding hydrogens is 250 g/mol. The van der Waals surface area contributed by atoms with Crippen molar-refractivity contribution in [1.29, 1.82) is 0 Å². The van der Waals surface area contributed by atoms with Gasteiger partial charge >= 0.3 is 5.97 Å². The van der Waals surface area contributed by atoms with Gasteiger partial charge in [0.2, 0.25) is 0 Å². The Balaban J connectivity index is 2.22. The highest BCUT2D eigenvalue weighted by molar-refractivity contribution is 7.99. The van der Waals surface area contributed by atoms with Gasteiger partial charge in [0.05, 0.1) is 12.8 Å². The number of ketones is 1. The third kappa shape index (κ3) is 2.67. The van der Waals surface area contributed by atoms with Gasteiger partial charge in [0.15, 0.2) is 5.78 Å². The molecule has 0 saturated carbocycles. The van der Waals surface area contributed by atoms with Crippen molar-refractivity contribution in [2.45, 2.75) is 11.3 Å². The molecule has 1 aromatic carbocycles. The molecule has 0 N–H and O–H groups in total. The van der Waals surface area contributed by atoms with Crippen molar-refractivity contribution in [3.05, 3.63) is 23.8 Å². The van der Waals surface area contributed by atoms with Gasteiger partial charge in [-0.1, -0.05) is 6.07 Å². The van der Waals surface area contributed by atoms with E-state index in [0.29, 0.717) is 5.56 Å². The number of hydrogen-bond donors (Lipinski definition) is 0. The Labute approximate surface area is 110 Å². The number of esters is 1. The molecule has 0 radical (unpaired) electrons. The lowest BCUT2D eigenvalue weighted by Gasteiger charge is -2.27. The number of carbonyl (C=O) groups is 2. The second-order valence-corrected chi connectivity index (χ2v) is 5.27. The highest BCUT2D eigenvalue weighted by atomic mass is 32.2. The van der Waals surface area contributed by atoms with Crippen LogP contribution in [0.25, 0.3) is 0 Å². The molecular formula is C13H15NO3S. The highest BCUT2D eigenvalue weighted by Crippen LogP contribution is 2.34. The first-order chi connectivity index (χ1) is 8.61. The zero-order valence-corrected chi connectivity index (χ0v) is 11.3. The molecule has 1 heterocycles. The first kappa shape index (κ1) is 13.0. The molecule has 1 aliphatic rings. The first-order valence-corrected chi connectivity index (χ1v) is 6.68. The molecule has 0 aromatic heterocycles. The Hall–Kier alpha value is -1.49. The lowest BCUT2D eigenvalue weighted by molar-refractivity contribution is -0.139. The molecule has 5 heteroatoms. The number of methoxy groups -OCH3 is 1. The van der Waals surface area contributed by atoms with Crippen LogP contribution >= 0.6 is 11.8 Å². The largest absolute Gasteiger partial charge is 0.469 e. The van der Waals surface area contributed by atoms with Crippen molar-refractivity contribution in [3.8, 4) is 0 Å². The third-order valence-electron chi connectivity index (χ3n) is 2.91. The number of ether oxygens (including phenoxy) is 1. The van der Waals surface area contributed by atoms with E-state index in [4.69, 9.17) is 0 Å². The van der Waals surface area contributed by atoms with Crippen molar-refractivity contribution in [1.82, 2.24) is 0 Å². The highest BCUT2D eigenvalue weighted by Gasteiger charge is 2.18. The summed E-state index contributed by atoms with van der Waals surface area (Å²) in [6.07, 6.45) is -0.202. The van der Waals surface area contributed by atoms with Crippen LogP contribution < -0.4 is 4.90 Å². The first-order valence-electron chi connectivity index (χ1n) is 5.70. The fourth-order valence-electron chi connectivity index (χ4n) is 1.83. The van der Waals surface area contributed by atoms with E-state index in [1.807, 2.05) is 19.2 Å². The zero-order chi connectivity index (χ0) is 13.1. The van der Waals surface area contributed by atoms with Gasteiger partial charge in [-0.2, -0.15) is 0 Å². The maximum Gasteiger partial charge on any atom is 0.313 e. The van der Waals surface area contributed by atoms with Crippen molar-refractivity contribution in [2.75, 3.05) is 31.4 Å². The minimum Gasteiger partial charge on any atom is -0.469 e. The minimum absolute atomic E-state index is 0.200. The van der Waals surface area contributed by atoms with E-state index in [2.05, 4.69) is 9.64 Å². The molecule has 18 heavy (non-hydrogen) atoms. The molecule has 0 spiro atoms. The second-order valence-electron chi connectivity index (χ2n) is 4.13. The van der Waals surface area contributed by atoms with Gasteiger partial charge in [0.25, 0.3) is 0 Å². The molecule has 2 rings (SSSR count). The van der Waals surface area contributed by atoms with E-state index in [-0.39, 0.29) is 12.2 Å². The summed E-state index contributed by atoms with van der Waals surface area (Å²) in [5, 5.41) is 0. The van der Waals surface area contributed by atoms with E-state index in [1.54, 1.807) is 17.8 Å². The molecule has 0 amide bonds. The predicted octanol–water partition coefficient (Wildman–Crippen LogP) is 1.97. The van der Waals surface area contributed by atoms with Crippen LogP contribution in [0.3, 0.4) is 0 Å². The Kier molecular flexibility index (Phi) is 3.91. The van der Waals surface area contributed by atoms with Crippen molar-refractivity contribution < 1.29 is 14.3 Å². The van der Waals surface area contributed by atoms with Crippen molar-refractivity contribution in [3.63, 3.8) is 0 Å². The molecule has 96 valence electrons. The quantitative estimate of drug-likeness (QED) is 0.475. The average molecular weight is 265 g/mol. The number of anilines is 1. The SMILES string of the molecule is COC(=O)CC(=O)c1ccc2c(c1)N(C)CCS2. The summed E-state index contributed by atoms with van der Waals surface area (Å²) in [4.78, 5) is 26.3. The van der Waals surface area contributed by atoms with E-state index < -0.39 is 5.97 Å². The van der Waals surface area contributed by atoms with Gasteiger partial charge < -0.3 is 9.64 Å². The Morgan fingerprint density at radius 1 is 1.44 bits per heavy atom. The maximum atomic E-state index is 11.9. The molecule has 1 aromatic rings. The summed E-state index contributed by atoms with van der Waals surface area (Å²) in [7, 11) is 3.29. The van der Waals surface area contributed by atoms with Crippen LogP contribution in [0.4, 0.5) is 5.69 Å². The van der Waals surface area contributed by atoms with Crippen LogP contribution in [0.15, 0.2) is 23.1 Å². The molecule has 0 atom stereocenters. The van der Waals surface area contributed by atoms with E-state index in [1.165, 1.54) is 12.0 Å².